The van der Waals surface area contributed by atoms with Crippen molar-refractivity contribution in [3.05, 3.63) is 33.7 Å². The third-order valence-corrected chi connectivity index (χ3v) is 3.63. The number of fused-ring (bicyclic) bond motifs is 1. The van der Waals surface area contributed by atoms with Crippen molar-refractivity contribution in [3.63, 3.8) is 0 Å². The Balaban J connectivity index is 1.95. The maximum absolute atomic E-state index is 11.9. The minimum atomic E-state index is -0.0959. The number of ether oxygens (including phenoxy) is 1. The minimum absolute atomic E-state index is 0.0959. The van der Waals surface area contributed by atoms with Gasteiger partial charge in [0.25, 0.3) is 0 Å². The third-order valence-electron chi connectivity index (χ3n) is 3.40. The second-order valence-corrected chi connectivity index (χ2v) is 5.13. The number of aromatic nitrogens is 2. The Bertz CT molecular complexity index is 611. The van der Waals surface area contributed by atoms with Crippen LogP contribution in [0.25, 0.3) is 11.0 Å². The Morgan fingerprint density at radius 3 is 3.11 bits per heavy atom. The molecule has 0 aliphatic carbocycles. The summed E-state index contributed by atoms with van der Waals surface area (Å²) in [5.41, 5.74) is 1.57. The molecule has 0 radical (unpaired) electrons. The molecule has 1 aliphatic rings. The Labute approximate surface area is 110 Å². The SMILES string of the molecule is O=c1[nH]c2cc(Cl)ccc2n1CC1CCCCO1. The lowest BCUT2D eigenvalue weighted by molar-refractivity contribution is 0.00614. The van der Waals surface area contributed by atoms with Gasteiger partial charge in [-0.25, -0.2) is 4.79 Å². The van der Waals surface area contributed by atoms with Gasteiger partial charge in [0.2, 0.25) is 0 Å². The summed E-state index contributed by atoms with van der Waals surface area (Å²) < 4.78 is 7.42. The molecule has 1 saturated heterocycles. The van der Waals surface area contributed by atoms with Crippen molar-refractivity contribution in [2.75, 3.05) is 6.61 Å². The molecule has 5 heteroatoms. The van der Waals surface area contributed by atoms with Crippen molar-refractivity contribution < 1.29 is 4.74 Å². The van der Waals surface area contributed by atoms with Crippen molar-refractivity contribution >= 4 is 22.6 Å². The molecule has 3 rings (SSSR count). The van der Waals surface area contributed by atoms with E-state index in [0.29, 0.717) is 11.6 Å². The maximum atomic E-state index is 11.9. The molecule has 1 fully saturated rings. The van der Waals surface area contributed by atoms with E-state index in [1.165, 1.54) is 6.42 Å². The van der Waals surface area contributed by atoms with Crippen LogP contribution in [-0.4, -0.2) is 22.3 Å². The molecule has 1 atom stereocenters. The number of rotatable bonds is 2. The highest BCUT2D eigenvalue weighted by Gasteiger charge is 2.17. The summed E-state index contributed by atoms with van der Waals surface area (Å²) in [4.78, 5) is 14.8. The zero-order chi connectivity index (χ0) is 12.5. The van der Waals surface area contributed by atoms with Gasteiger partial charge < -0.3 is 9.72 Å². The number of hydrogen-bond acceptors (Lipinski definition) is 2. The van der Waals surface area contributed by atoms with Gasteiger partial charge in [-0.3, -0.25) is 4.57 Å². The molecule has 2 aromatic rings. The Morgan fingerprint density at radius 1 is 1.44 bits per heavy atom. The van der Waals surface area contributed by atoms with Crippen LogP contribution in [0.15, 0.2) is 23.0 Å². The predicted molar refractivity (Wildman–Crippen MR) is 71.2 cm³/mol. The molecule has 0 bridgehead atoms. The van der Waals surface area contributed by atoms with E-state index < -0.39 is 0 Å². The van der Waals surface area contributed by atoms with Crippen LogP contribution in [0.4, 0.5) is 0 Å². The molecule has 18 heavy (non-hydrogen) atoms. The first kappa shape index (κ1) is 11.8. The smallest absolute Gasteiger partial charge is 0.326 e. The van der Waals surface area contributed by atoms with Gasteiger partial charge in [-0.1, -0.05) is 11.6 Å². The lowest BCUT2D eigenvalue weighted by Gasteiger charge is -2.22. The Kier molecular flexibility index (Phi) is 3.14. The lowest BCUT2D eigenvalue weighted by atomic mass is 10.1. The molecule has 1 aromatic carbocycles. The summed E-state index contributed by atoms with van der Waals surface area (Å²) in [6.07, 6.45) is 3.46. The minimum Gasteiger partial charge on any atom is -0.376 e. The van der Waals surface area contributed by atoms with E-state index in [9.17, 15) is 4.79 Å². The molecule has 4 nitrogen and oxygen atoms in total. The fourth-order valence-corrected chi connectivity index (χ4v) is 2.64. The van der Waals surface area contributed by atoms with Crippen LogP contribution in [-0.2, 0) is 11.3 Å². The molecule has 0 spiro atoms. The van der Waals surface area contributed by atoms with Crippen molar-refractivity contribution in [3.8, 4) is 0 Å². The van der Waals surface area contributed by atoms with Crippen LogP contribution < -0.4 is 5.69 Å². The lowest BCUT2D eigenvalue weighted by Crippen LogP contribution is -2.29. The van der Waals surface area contributed by atoms with Gasteiger partial charge >= 0.3 is 5.69 Å². The molecular formula is C13H15ClN2O2. The average molecular weight is 267 g/mol. The fraction of sp³-hybridized carbons (Fsp3) is 0.462. The quantitative estimate of drug-likeness (QED) is 0.908. The standard InChI is InChI=1S/C13H15ClN2O2/c14-9-4-5-12-11(7-9)15-13(17)16(12)8-10-3-1-2-6-18-10/h4-5,7,10H,1-3,6,8H2,(H,15,17). The highest BCUT2D eigenvalue weighted by molar-refractivity contribution is 6.31. The summed E-state index contributed by atoms with van der Waals surface area (Å²) >= 11 is 5.92. The van der Waals surface area contributed by atoms with Gasteiger partial charge in [0.05, 0.1) is 23.7 Å². The van der Waals surface area contributed by atoms with Crippen LogP contribution in [0.2, 0.25) is 5.02 Å². The zero-order valence-corrected chi connectivity index (χ0v) is 10.7. The summed E-state index contributed by atoms with van der Waals surface area (Å²) in [5, 5.41) is 0.629. The van der Waals surface area contributed by atoms with E-state index in [4.69, 9.17) is 16.3 Å². The van der Waals surface area contributed by atoms with E-state index in [2.05, 4.69) is 4.98 Å². The van der Waals surface area contributed by atoms with E-state index in [0.717, 1.165) is 30.5 Å². The van der Waals surface area contributed by atoms with Gasteiger partial charge in [-0.15, -0.1) is 0 Å². The topological polar surface area (TPSA) is 47.0 Å². The number of imidazole rings is 1. The zero-order valence-electron chi connectivity index (χ0n) is 9.99. The average Bonchev–Trinajstić information content (AvgIpc) is 2.66. The molecular weight excluding hydrogens is 252 g/mol. The van der Waals surface area contributed by atoms with Gasteiger partial charge in [0.15, 0.2) is 0 Å². The summed E-state index contributed by atoms with van der Waals surface area (Å²) in [7, 11) is 0. The number of H-pyrrole nitrogens is 1. The van der Waals surface area contributed by atoms with Crippen LogP contribution in [0, 0.1) is 0 Å². The highest BCUT2D eigenvalue weighted by atomic mass is 35.5. The van der Waals surface area contributed by atoms with E-state index in [1.807, 2.05) is 6.07 Å². The highest BCUT2D eigenvalue weighted by Crippen LogP contribution is 2.19. The van der Waals surface area contributed by atoms with E-state index >= 15 is 0 Å². The normalized spacial score (nSPS) is 20.4. The summed E-state index contributed by atoms with van der Waals surface area (Å²) in [6, 6.07) is 5.45. The second-order valence-electron chi connectivity index (χ2n) is 4.69. The van der Waals surface area contributed by atoms with Crippen molar-refractivity contribution in [2.24, 2.45) is 0 Å². The van der Waals surface area contributed by atoms with Crippen molar-refractivity contribution in [1.82, 2.24) is 9.55 Å². The van der Waals surface area contributed by atoms with E-state index in [1.54, 1.807) is 16.7 Å². The monoisotopic (exact) mass is 266 g/mol. The van der Waals surface area contributed by atoms with Crippen LogP contribution in [0.5, 0.6) is 0 Å². The molecule has 1 aromatic heterocycles. The molecule has 1 aliphatic heterocycles. The van der Waals surface area contributed by atoms with Gasteiger partial charge in [-0.05, 0) is 37.5 Å². The first-order chi connectivity index (χ1) is 8.74. The first-order valence-corrected chi connectivity index (χ1v) is 6.61. The van der Waals surface area contributed by atoms with Gasteiger partial charge in [-0.2, -0.15) is 0 Å². The van der Waals surface area contributed by atoms with Crippen LogP contribution in [0.3, 0.4) is 0 Å². The van der Waals surface area contributed by atoms with Crippen LogP contribution in [0.1, 0.15) is 19.3 Å². The van der Waals surface area contributed by atoms with E-state index in [-0.39, 0.29) is 11.8 Å². The molecule has 1 unspecified atom stereocenters. The number of halogens is 1. The van der Waals surface area contributed by atoms with Crippen LogP contribution >= 0.6 is 11.6 Å². The summed E-state index contributed by atoms with van der Waals surface area (Å²) in [5.74, 6) is 0. The number of benzene rings is 1. The Morgan fingerprint density at radius 2 is 2.33 bits per heavy atom. The molecule has 96 valence electrons. The van der Waals surface area contributed by atoms with Gasteiger partial charge in [0, 0.05) is 11.6 Å². The molecule has 1 N–H and O–H groups in total. The second kappa shape index (κ2) is 4.78. The molecule has 0 saturated carbocycles. The fourth-order valence-electron chi connectivity index (χ4n) is 2.47. The van der Waals surface area contributed by atoms with Crippen molar-refractivity contribution in [1.29, 1.82) is 0 Å². The maximum Gasteiger partial charge on any atom is 0.326 e. The number of nitrogens with zero attached hydrogens (tertiary/aromatic N) is 1. The Hall–Kier alpha value is -1.26. The first-order valence-electron chi connectivity index (χ1n) is 6.24. The van der Waals surface area contributed by atoms with Gasteiger partial charge in [0.1, 0.15) is 0 Å². The van der Waals surface area contributed by atoms with Crippen molar-refractivity contribution in [2.45, 2.75) is 31.9 Å². The predicted octanol–water partition coefficient (Wildman–Crippen LogP) is 2.55. The largest absolute Gasteiger partial charge is 0.376 e. The molecule has 0 amide bonds. The number of hydrogen-bond donors (Lipinski definition) is 1. The summed E-state index contributed by atoms with van der Waals surface area (Å²) in [6.45, 7) is 1.41. The number of nitrogens with one attached hydrogen (secondary N) is 1. The third kappa shape index (κ3) is 2.18. The molecule has 2 heterocycles. The number of aromatic amines is 1.